The first-order valence-corrected chi connectivity index (χ1v) is 9.04. The number of nitrogens with zero attached hydrogens (tertiary/aromatic N) is 1. The summed E-state index contributed by atoms with van der Waals surface area (Å²) in [5.41, 5.74) is 4.31. The molecule has 0 heterocycles. The largest absolute Gasteiger partial charge is 0.489 e. The number of para-hydroxylation sites is 1. The van der Waals surface area contributed by atoms with E-state index < -0.39 is 0 Å². The van der Waals surface area contributed by atoms with E-state index in [0.717, 1.165) is 16.9 Å². The van der Waals surface area contributed by atoms with Crippen LogP contribution in [0, 0.1) is 0 Å². The fourth-order valence-corrected chi connectivity index (χ4v) is 2.53. The molecule has 6 heteroatoms. The van der Waals surface area contributed by atoms with E-state index in [4.69, 9.17) is 21.1 Å². The van der Waals surface area contributed by atoms with Crippen molar-refractivity contribution < 1.29 is 14.3 Å². The molecule has 142 valence electrons. The molecule has 0 radical (unpaired) electrons. The number of amides is 1. The number of halogens is 1. The van der Waals surface area contributed by atoms with Gasteiger partial charge in [0, 0.05) is 0 Å². The summed E-state index contributed by atoms with van der Waals surface area (Å²) in [5, 5.41) is 4.39. The molecule has 3 aromatic carbocycles. The lowest BCUT2D eigenvalue weighted by atomic mass is 10.2. The number of hydrogen-bond acceptors (Lipinski definition) is 4. The minimum absolute atomic E-state index is 0.179. The number of nitrogens with one attached hydrogen (secondary N) is 1. The monoisotopic (exact) mass is 394 g/mol. The Morgan fingerprint density at radius 1 is 0.964 bits per heavy atom. The predicted octanol–water partition coefficient (Wildman–Crippen LogP) is 4.45. The third-order valence-electron chi connectivity index (χ3n) is 3.70. The van der Waals surface area contributed by atoms with Crippen LogP contribution in [-0.4, -0.2) is 18.7 Å². The quantitative estimate of drug-likeness (QED) is 0.453. The lowest BCUT2D eigenvalue weighted by Gasteiger charge is -2.07. The van der Waals surface area contributed by atoms with Crippen LogP contribution < -0.4 is 14.9 Å². The standard InChI is InChI=1S/C22H19ClN2O3/c23-20-11-4-5-12-21(20)28-16-22(26)25-24-14-18-9-6-10-19(13-18)27-15-17-7-2-1-3-8-17/h1-14H,15-16H2,(H,25,26)/b24-14-. The molecule has 1 amide bonds. The van der Waals surface area contributed by atoms with Gasteiger partial charge in [0.25, 0.3) is 5.91 Å². The van der Waals surface area contributed by atoms with Crippen LogP contribution in [-0.2, 0) is 11.4 Å². The Labute approximate surface area is 168 Å². The van der Waals surface area contributed by atoms with Gasteiger partial charge in [0.2, 0.25) is 0 Å². The van der Waals surface area contributed by atoms with Gasteiger partial charge in [0.1, 0.15) is 18.1 Å². The van der Waals surface area contributed by atoms with Gasteiger partial charge >= 0.3 is 0 Å². The Morgan fingerprint density at radius 3 is 2.57 bits per heavy atom. The number of rotatable bonds is 8. The van der Waals surface area contributed by atoms with Crippen LogP contribution in [0.3, 0.4) is 0 Å². The first kappa shape index (κ1) is 19.5. The molecule has 0 atom stereocenters. The summed E-state index contributed by atoms with van der Waals surface area (Å²) in [6, 6.07) is 24.3. The van der Waals surface area contributed by atoms with E-state index >= 15 is 0 Å². The first-order chi connectivity index (χ1) is 13.7. The lowest BCUT2D eigenvalue weighted by molar-refractivity contribution is -0.123. The number of hydrogen-bond donors (Lipinski definition) is 1. The summed E-state index contributed by atoms with van der Waals surface area (Å²) in [7, 11) is 0. The molecule has 0 aliphatic heterocycles. The molecule has 0 bridgehead atoms. The van der Waals surface area contributed by atoms with E-state index in [9.17, 15) is 4.79 Å². The molecule has 0 saturated carbocycles. The Kier molecular flexibility index (Phi) is 7.04. The minimum Gasteiger partial charge on any atom is -0.489 e. The predicted molar refractivity (Wildman–Crippen MR) is 110 cm³/mol. The summed E-state index contributed by atoms with van der Waals surface area (Å²) in [4.78, 5) is 11.8. The van der Waals surface area contributed by atoms with Crippen molar-refractivity contribution >= 4 is 23.7 Å². The molecular weight excluding hydrogens is 376 g/mol. The van der Waals surface area contributed by atoms with Crippen molar-refractivity contribution in [2.75, 3.05) is 6.61 Å². The molecule has 0 aliphatic rings. The zero-order chi connectivity index (χ0) is 19.6. The van der Waals surface area contributed by atoms with Gasteiger partial charge in [-0.3, -0.25) is 4.79 Å². The van der Waals surface area contributed by atoms with Crippen molar-refractivity contribution in [2.45, 2.75) is 6.61 Å². The third-order valence-corrected chi connectivity index (χ3v) is 4.02. The van der Waals surface area contributed by atoms with Crippen molar-refractivity contribution in [3.8, 4) is 11.5 Å². The molecule has 1 N–H and O–H groups in total. The Hall–Kier alpha value is -3.31. The van der Waals surface area contributed by atoms with Gasteiger partial charge in [-0.25, -0.2) is 5.43 Å². The summed E-state index contributed by atoms with van der Waals surface area (Å²) in [6.07, 6.45) is 1.54. The normalized spacial score (nSPS) is 10.6. The van der Waals surface area contributed by atoms with Gasteiger partial charge in [-0.2, -0.15) is 5.10 Å². The highest BCUT2D eigenvalue weighted by molar-refractivity contribution is 6.32. The van der Waals surface area contributed by atoms with Crippen molar-refractivity contribution in [3.63, 3.8) is 0 Å². The topological polar surface area (TPSA) is 59.9 Å². The molecule has 0 aromatic heterocycles. The van der Waals surface area contributed by atoms with Crippen molar-refractivity contribution in [1.82, 2.24) is 5.43 Å². The van der Waals surface area contributed by atoms with Gasteiger partial charge in [-0.1, -0.05) is 66.2 Å². The van der Waals surface area contributed by atoms with Crippen LogP contribution in [0.5, 0.6) is 11.5 Å². The van der Waals surface area contributed by atoms with Gasteiger partial charge in [0.05, 0.1) is 11.2 Å². The van der Waals surface area contributed by atoms with Crippen LogP contribution >= 0.6 is 11.6 Å². The fourth-order valence-electron chi connectivity index (χ4n) is 2.34. The summed E-state index contributed by atoms with van der Waals surface area (Å²) >= 11 is 5.97. The molecule has 5 nitrogen and oxygen atoms in total. The van der Waals surface area contributed by atoms with Crippen LogP contribution in [0.15, 0.2) is 84.0 Å². The van der Waals surface area contributed by atoms with E-state index in [1.54, 1.807) is 30.5 Å². The van der Waals surface area contributed by atoms with E-state index in [1.807, 2.05) is 54.6 Å². The molecular formula is C22H19ClN2O3. The Bertz CT molecular complexity index is 945. The molecule has 3 aromatic rings. The maximum absolute atomic E-state index is 11.8. The first-order valence-electron chi connectivity index (χ1n) is 8.67. The maximum atomic E-state index is 11.8. The second-order valence-electron chi connectivity index (χ2n) is 5.86. The summed E-state index contributed by atoms with van der Waals surface area (Å²) in [6.45, 7) is 0.304. The zero-order valence-electron chi connectivity index (χ0n) is 15.0. The van der Waals surface area contributed by atoms with Crippen molar-refractivity contribution in [3.05, 3.63) is 95.0 Å². The van der Waals surface area contributed by atoms with Crippen LogP contribution in [0.25, 0.3) is 0 Å². The SMILES string of the molecule is O=C(COc1ccccc1Cl)N/N=C\c1cccc(OCc2ccccc2)c1. The second-order valence-corrected chi connectivity index (χ2v) is 6.27. The second kappa shape index (κ2) is 10.1. The third kappa shape index (κ3) is 6.14. The molecule has 3 rings (SSSR count). The molecule has 0 saturated heterocycles. The van der Waals surface area contributed by atoms with E-state index in [2.05, 4.69) is 10.5 Å². The van der Waals surface area contributed by atoms with Gasteiger partial charge in [-0.05, 0) is 35.4 Å². The highest BCUT2D eigenvalue weighted by Gasteiger charge is 2.04. The average Bonchev–Trinajstić information content (AvgIpc) is 2.73. The molecule has 0 fully saturated rings. The van der Waals surface area contributed by atoms with Crippen molar-refractivity contribution in [1.29, 1.82) is 0 Å². The minimum atomic E-state index is -0.382. The van der Waals surface area contributed by atoms with Gasteiger partial charge in [-0.15, -0.1) is 0 Å². The Morgan fingerprint density at radius 2 is 1.75 bits per heavy atom. The number of ether oxygens (including phenoxy) is 2. The number of carbonyl (C=O) groups is 1. The smallest absolute Gasteiger partial charge is 0.277 e. The van der Waals surface area contributed by atoms with Gasteiger partial charge in [0.15, 0.2) is 6.61 Å². The summed E-state index contributed by atoms with van der Waals surface area (Å²) < 4.78 is 11.1. The van der Waals surface area contributed by atoms with Crippen LogP contribution in [0.2, 0.25) is 5.02 Å². The van der Waals surface area contributed by atoms with Crippen molar-refractivity contribution in [2.24, 2.45) is 5.10 Å². The zero-order valence-corrected chi connectivity index (χ0v) is 15.8. The highest BCUT2D eigenvalue weighted by Crippen LogP contribution is 2.22. The number of benzene rings is 3. The summed E-state index contributed by atoms with van der Waals surface area (Å²) in [5.74, 6) is 0.792. The van der Waals surface area contributed by atoms with E-state index in [1.165, 1.54) is 0 Å². The average molecular weight is 395 g/mol. The molecule has 0 unspecified atom stereocenters. The molecule has 0 aliphatic carbocycles. The number of carbonyl (C=O) groups excluding carboxylic acids is 1. The molecule has 0 spiro atoms. The van der Waals surface area contributed by atoms with Gasteiger partial charge < -0.3 is 9.47 Å². The van der Waals surface area contributed by atoms with E-state index in [-0.39, 0.29) is 12.5 Å². The Balaban J connectivity index is 1.47. The van der Waals surface area contributed by atoms with Crippen LogP contribution in [0.4, 0.5) is 0 Å². The fraction of sp³-hybridized carbons (Fsp3) is 0.0909. The maximum Gasteiger partial charge on any atom is 0.277 e. The van der Waals surface area contributed by atoms with Crippen LogP contribution in [0.1, 0.15) is 11.1 Å². The lowest BCUT2D eigenvalue weighted by Crippen LogP contribution is -2.24. The molecule has 28 heavy (non-hydrogen) atoms. The highest BCUT2D eigenvalue weighted by atomic mass is 35.5. The number of hydrazone groups is 1. The van der Waals surface area contributed by atoms with E-state index in [0.29, 0.717) is 17.4 Å².